The average molecular weight is 281 g/mol. The lowest BCUT2D eigenvalue weighted by atomic mass is 10.0. The minimum Gasteiger partial charge on any atom is -0.481 e. The van der Waals surface area contributed by atoms with Crippen LogP contribution in [0.1, 0.15) is 11.3 Å². The SMILES string of the molecule is O=C(O)Cc1ncc(-c2ccccc2)cc1C(F)(F)F. The van der Waals surface area contributed by atoms with Crippen molar-refractivity contribution in [3.05, 3.63) is 53.9 Å². The van der Waals surface area contributed by atoms with Gasteiger partial charge in [0.25, 0.3) is 0 Å². The molecule has 3 nitrogen and oxygen atoms in total. The molecule has 0 saturated carbocycles. The number of carboxylic acid groups (broad SMARTS) is 1. The fraction of sp³-hybridized carbons (Fsp3) is 0.143. The molecule has 0 aliphatic heterocycles. The molecule has 104 valence electrons. The van der Waals surface area contributed by atoms with E-state index < -0.39 is 29.8 Å². The van der Waals surface area contributed by atoms with Crippen molar-refractivity contribution in [3.8, 4) is 11.1 Å². The fourth-order valence-electron chi connectivity index (χ4n) is 1.81. The van der Waals surface area contributed by atoms with Crippen LogP contribution < -0.4 is 0 Å². The lowest BCUT2D eigenvalue weighted by molar-refractivity contribution is -0.140. The summed E-state index contributed by atoms with van der Waals surface area (Å²) in [4.78, 5) is 14.3. The van der Waals surface area contributed by atoms with Gasteiger partial charge in [0.15, 0.2) is 0 Å². The van der Waals surface area contributed by atoms with E-state index in [9.17, 15) is 18.0 Å². The maximum absolute atomic E-state index is 13.0. The molecular weight excluding hydrogens is 271 g/mol. The van der Waals surface area contributed by atoms with Crippen molar-refractivity contribution < 1.29 is 23.1 Å². The Morgan fingerprint density at radius 3 is 2.35 bits per heavy atom. The molecule has 0 atom stereocenters. The molecule has 6 heteroatoms. The van der Waals surface area contributed by atoms with Crippen LogP contribution in [-0.4, -0.2) is 16.1 Å². The lowest BCUT2D eigenvalue weighted by Gasteiger charge is -2.12. The molecule has 20 heavy (non-hydrogen) atoms. The Balaban J connectivity index is 2.52. The van der Waals surface area contributed by atoms with E-state index in [4.69, 9.17) is 5.11 Å². The molecule has 0 radical (unpaired) electrons. The highest BCUT2D eigenvalue weighted by Gasteiger charge is 2.35. The second-order valence-corrected chi connectivity index (χ2v) is 4.15. The van der Waals surface area contributed by atoms with Crippen molar-refractivity contribution in [2.24, 2.45) is 0 Å². The first-order valence-electron chi connectivity index (χ1n) is 5.71. The van der Waals surface area contributed by atoms with Gasteiger partial charge < -0.3 is 5.11 Å². The number of hydrogen-bond donors (Lipinski definition) is 1. The summed E-state index contributed by atoms with van der Waals surface area (Å²) >= 11 is 0. The molecule has 0 bridgehead atoms. The fourth-order valence-corrected chi connectivity index (χ4v) is 1.81. The van der Waals surface area contributed by atoms with E-state index in [2.05, 4.69) is 4.98 Å². The molecule has 1 N–H and O–H groups in total. The predicted octanol–water partition coefficient (Wildman–Crippen LogP) is 3.39. The van der Waals surface area contributed by atoms with Gasteiger partial charge in [-0.05, 0) is 11.6 Å². The van der Waals surface area contributed by atoms with E-state index in [1.54, 1.807) is 30.3 Å². The Morgan fingerprint density at radius 1 is 1.15 bits per heavy atom. The van der Waals surface area contributed by atoms with Gasteiger partial charge in [-0.3, -0.25) is 9.78 Å². The van der Waals surface area contributed by atoms with Crippen LogP contribution in [-0.2, 0) is 17.4 Å². The number of nitrogens with zero attached hydrogens (tertiary/aromatic N) is 1. The standard InChI is InChI=1S/C14H10F3NO2/c15-14(16,17)11-6-10(9-4-2-1-3-5-9)8-18-12(11)7-13(19)20/h1-6,8H,7H2,(H,19,20). The molecule has 2 aromatic rings. The molecule has 0 amide bonds. The molecule has 1 heterocycles. The third-order valence-electron chi connectivity index (χ3n) is 2.70. The summed E-state index contributed by atoms with van der Waals surface area (Å²) in [5, 5.41) is 8.64. The topological polar surface area (TPSA) is 50.2 Å². The molecule has 1 aromatic heterocycles. The van der Waals surface area contributed by atoms with Crippen molar-refractivity contribution >= 4 is 5.97 Å². The summed E-state index contributed by atoms with van der Waals surface area (Å²) < 4.78 is 38.9. The number of aliphatic carboxylic acids is 1. The van der Waals surface area contributed by atoms with Gasteiger partial charge in [-0.2, -0.15) is 13.2 Å². The highest BCUT2D eigenvalue weighted by atomic mass is 19.4. The smallest absolute Gasteiger partial charge is 0.418 e. The van der Waals surface area contributed by atoms with Gasteiger partial charge in [-0.25, -0.2) is 0 Å². The van der Waals surface area contributed by atoms with E-state index in [-0.39, 0.29) is 0 Å². The minimum atomic E-state index is -4.64. The Bertz CT molecular complexity index is 624. The monoisotopic (exact) mass is 281 g/mol. The van der Waals surface area contributed by atoms with Crippen LogP contribution in [0.5, 0.6) is 0 Å². The molecule has 0 aliphatic rings. The van der Waals surface area contributed by atoms with Crippen LogP contribution in [0.4, 0.5) is 13.2 Å². The quantitative estimate of drug-likeness (QED) is 0.938. The number of aromatic nitrogens is 1. The van der Waals surface area contributed by atoms with Crippen LogP contribution in [0.2, 0.25) is 0 Å². The van der Waals surface area contributed by atoms with E-state index in [1.165, 1.54) is 6.20 Å². The minimum absolute atomic E-state index is 0.298. The first-order chi connectivity index (χ1) is 9.38. The van der Waals surface area contributed by atoms with E-state index >= 15 is 0 Å². The second kappa shape index (κ2) is 5.32. The zero-order chi connectivity index (χ0) is 14.8. The van der Waals surface area contributed by atoms with Crippen molar-refractivity contribution in [1.82, 2.24) is 4.98 Å². The number of hydrogen-bond acceptors (Lipinski definition) is 2. The number of carbonyl (C=O) groups is 1. The maximum Gasteiger partial charge on any atom is 0.418 e. The number of pyridine rings is 1. The first-order valence-corrected chi connectivity index (χ1v) is 5.71. The van der Waals surface area contributed by atoms with Crippen LogP contribution in [0.3, 0.4) is 0 Å². The molecule has 0 saturated heterocycles. The Labute approximate surface area is 112 Å². The number of alkyl halides is 3. The van der Waals surface area contributed by atoms with Gasteiger partial charge in [0.05, 0.1) is 17.7 Å². The normalized spacial score (nSPS) is 11.3. The highest BCUT2D eigenvalue weighted by molar-refractivity contribution is 5.71. The van der Waals surface area contributed by atoms with Crippen molar-refractivity contribution in [1.29, 1.82) is 0 Å². The van der Waals surface area contributed by atoms with Crippen molar-refractivity contribution in [2.75, 3.05) is 0 Å². The van der Waals surface area contributed by atoms with Gasteiger partial charge in [-0.1, -0.05) is 30.3 Å². The summed E-state index contributed by atoms with van der Waals surface area (Å²) in [5.74, 6) is -1.35. The largest absolute Gasteiger partial charge is 0.481 e. The Morgan fingerprint density at radius 2 is 1.80 bits per heavy atom. The van der Waals surface area contributed by atoms with Crippen LogP contribution >= 0.6 is 0 Å². The summed E-state index contributed by atoms with van der Waals surface area (Å²) in [6, 6.07) is 9.41. The molecule has 0 unspecified atom stereocenters. The first kappa shape index (κ1) is 14.0. The molecular formula is C14H10F3NO2. The molecule has 0 spiro atoms. The van der Waals surface area contributed by atoms with Crippen molar-refractivity contribution in [3.63, 3.8) is 0 Å². The Kier molecular flexibility index (Phi) is 3.74. The number of benzene rings is 1. The summed E-state index contributed by atoms with van der Waals surface area (Å²) in [7, 11) is 0. The van der Waals surface area contributed by atoms with Crippen molar-refractivity contribution in [2.45, 2.75) is 12.6 Å². The van der Waals surface area contributed by atoms with E-state index in [0.717, 1.165) is 6.07 Å². The van der Waals surface area contributed by atoms with Gasteiger partial charge in [0.2, 0.25) is 0 Å². The zero-order valence-corrected chi connectivity index (χ0v) is 10.2. The highest BCUT2D eigenvalue weighted by Crippen LogP contribution is 2.34. The summed E-state index contributed by atoms with van der Waals surface area (Å²) in [6.07, 6.45) is -4.14. The molecule has 0 fully saturated rings. The Hall–Kier alpha value is -2.37. The second-order valence-electron chi connectivity index (χ2n) is 4.15. The van der Waals surface area contributed by atoms with Crippen LogP contribution in [0, 0.1) is 0 Å². The van der Waals surface area contributed by atoms with Crippen LogP contribution in [0.25, 0.3) is 11.1 Å². The zero-order valence-electron chi connectivity index (χ0n) is 10.2. The van der Waals surface area contributed by atoms with Crippen LogP contribution in [0.15, 0.2) is 42.6 Å². The maximum atomic E-state index is 13.0. The summed E-state index contributed by atoms with van der Waals surface area (Å²) in [5.41, 5.74) is -0.606. The number of halogens is 3. The van der Waals surface area contributed by atoms with Gasteiger partial charge in [-0.15, -0.1) is 0 Å². The average Bonchev–Trinajstić information content (AvgIpc) is 2.38. The van der Waals surface area contributed by atoms with Gasteiger partial charge in [0.1, 0.15) is 0 Å². The number of rotatable bonds is 3. The third-order valence-corrected chi connectivity index (χ3v) is 2.70. The third kappa shape index (κ3) is 3.14. The van der Waals surface area contributed by atoms with E-state index in [0.29, 0.717) is 11.1 Å². The number of carboxylic acids is 1. The predicted molar refractivity (Wildman–Crippen MR) is 66.0 cm³/mol. The lowest BCUT2D eigenvalue weighted by Crippen LogP contribution is -2.14. The van der Waals surface area contributed by atoms with Gasteiger partial charge >= 0.3 is 12.1 Å². The summed E-state index contributed by atoms with van der Waals surface area (Å²) in [6.45, 7) is 0. The van der Waals surface area contributed by atoms with Gasteiger partial charge in [0, 0.05) is 11.8 Å². The molecule has 0 aliphatic carbocycles. The molecule has 2 rings (SSSR count). The van der Waals surface area contributed by atoms with E-state index in [1.807, 2.05) is 0 Å². The molecule has 1 aromatic carbocycles.